The lowest BCUT2D eigenvalue weighted by Crippen LogP contribution is -2.34. The van der Waals surface area contributed by atoms with E-state index in [0.717, 1.165) is 18.7 Å². The molecule has 1 aliphatic carbocycles. The largest absolute Gasteiger partial charge is 0.368 e. The van der Waals surface area contributed by atoms with Crippen molar-refractivity contribution in [1.29, 1.82) is 0 Å². The van der Waals surface area contributed by atoms with E-state index in [4.69, 9.17) is 0 Å². The Kier molecular flexibility index (Phi) is 3.97. The molecule has 1 aromatic carbocycles. The van der Waals surface area contributed by atoms with Crippen LogP contribution in [0.5, 0.6) is 0 Å². The van der Waals surface area contributed by atoms with Crippen molar-refractivity contribution in [3.63, 3.8) is 0 Å². The number of hydrogen-bond donors (Lipinski definition) is 1. The first-order chi connectivity index (χ1) is 9.65. The number of halogens is 1. The predicted octanol–water partition coefficient (Wildman–Crippen LogP) is 3.70. The maximum atomic E-state index is 13.6. The molecule has 1 aromatic rings. The SMILES string of the molecule is CC(C)C1CCCN1c1ccc(F)cc1CNC1CC1. The van der Waals surface area contributed by atoms with E-state index in [1.165, 1.54) is 31.4 Å². The fourth-order valence-electron chi connectivity index (χ4n) is 3.30. The molecule has 2 aliphatic rings. The molecule has 1 saturated heterocycles. The lowest BCUT2D eigenvalue weighted by Gasteiger charge is -2.31. The molecule has 0 spiro atoms. The molecule has 0 bridgehead atoms. The summed E-state index contributed by atoms with van der Waals surface area (Å²) in [6.07, 6.45) is 5.03. The topological polar surface area (TPSA) is 15.3 Å². The predicted molar refractivity (Wildman–Crippen MR) is 81.5 cm³/mol. The zero-order valence-corrected chi connectivity index (χ0v) is 12.5. The molecule has 3 heteroatoms. The van der Waals surface area contributed by atoms with Crippen LogP contribution in [-0.4, -0.2) is 18.6 Å². The number of nitrogens with zero attached hydrogens (tertiary/aromatic N) is 1. The van der Waals surface area contributed by atoms with Gasteiger partial charge in [-0.3, -0.25) is 0 Å². The van der Waals surface area contributed by atoms with Gasteiger partial charge in [0.1, 0.15) is 5.82 Å². The Morgan fingerprint density at radius 3 is 2.80 bits per heavy atom. The van der Waals surface area contributed by atoms with Gasteiger partial charge in [0, 0.05) is 30.9 Å². The van der Waals surface area contributed by atoms with Crippen LogP contribution in [0, 0.1) is 11.7 Å². The summed E-state index contributed by atoms with van der Waals surface area (Å²) in [5, 5.41) is 3.51. The highest BCUT2D eigenvalue weighted by Crippen LogP contribution is 2.33. The number of anilines is 1. The third-order valence-electron chi connectivity index (χ3n) is 4.58. The lowest BCUT2D eigenvalue weighted by molar-refractivity contribution is 0.490. The normalized spacial score (nSPS) is 22.8. The van der Waals surface area contributed by atoms with Gasteiger partial charge in [-0.25, -0.2) is 4.39 Å². The summed E-state index contributed by atoms with van der Waals surface area (Å²) < 4.78 is 13.6. The molecular weight excluding hydrogens is 251 g/mol. The Morgan fingerprint density at radius 2 is 2.10 bits per heavy atom. The lowest BCUT2D eigenvalue weighted by atomic mass is 10.0. The van der Waals surface area contributed by atoms with Gasteiger partial charge in [0.25, 0.3) is 0 Å². The van der Waals surface area contributed by atoms with Gasteiger partial charge in [0.15, 0.2) is 0 Å². The molecule has 2 fully saturated rings. The van der Waals surface area contributed by atoms with Crippen LogP contribution in [-0.2, 0) is 6.54 Å². The van der Waals surface area contributed by atoms with Crippen LogP contribution >= 0.6 is 0 Å². The summed E-state index contributed by atoms with van der Waals surface area (Å²) in [5.41, 5.74) is 2.35. The quantitative estimate of drug-likeness (QED) is 0.882. The fraction of sp³-hybridized carbons (Fsp3) is 0.647. The maximum Gasteiger partial charge on any atom is 0.123 e. The molecule has 1 saturated carbocycles. The number of rotatable bonds is 5. The van der Waals surface area contributed by atoms with Gasteiger partial charge in [-0.2, -0.15) is 0 Å². The highest BCUT2D eigenvalue weighted by molar-refractivity contribution is 5.55. The van der Waals surface area contributed by atoms with E-state index in [2.05, 4.69) is 24.1 Å². The van der Waals surface area contributed by atoms with Crippen LogP contribution < -0.4 is 10.2 Å². The van der Waals surface area contributed by atoms with E-state index in [0.29, 0.717) is 18.0 Å². The third-order valence-corrected chi connectivity index (χ3v) is 4.58. The zero-order valence-electron chi connectivity index (χ0n) is 12.5. The van der Waals surface area contributed by atoms with Crippen molar-refractivity contribution in [2.75, 3.05) is 11.4 Å². The molecule has 1 heterocycles. The van der Waals surface area contributed by atoms with Crippen molar-refractivity contribution in [3.05, 3.63) is 29.6 Å². The number of benzene rings is 1. The monoisotopic (exact) mass is 276 g/mol. The highest BCUT2D eigenvalue weighted by atomic mass is 19.1. The minimum Gasteiger partial charge on any atom is -0.368 e. The van der Waals surface area contributed by atoms with Gasteiger partial charge in [-0.1, -0.05) is 13.8 Å². The Bertz CT molecular complexity index is 468. The van der Waals surface area contributed by atoms with Crippen molar-refractivity contribution in [3.8, 4) is 0 Å². The zero-order chi connectivity index (χ0) is 14.1. The second kappa shape index (κ2) is 5.72. The van der Waals surface area contributed by atoms with Crippen LogP contribution in [0.3, 0.4) is 0 Å². The minimum absolute atomic E-state index is 0.123. The van der Waals surface area contributed by atoms with Gasteiger partial charge in [0.05, 0.1) is 0 Å². The van der Waals surface area contributed by atoms with Gasteiger partial charge >= 0.3 is 0 Å². The van der Waals surface area contributed by atoms with Crippen molar-refractivity contribution in [2.24, 2.45) is 5.92 Å². The minimum atomic E-state index is -0.123. The summed E-state index contributed by atoms with van der Waals surface area (Å²) in [7, 11) is 0. The molecule has 110 valence electrons. The summed E-state index contributed by atoms with van der Waals surface area (Å²) in [4.78, 5) is 2.49. The molecule has 1 atom stereocenters. The summed E-state index contributed by atoms with van der Waals surface area (Å²) in [6.45, 7) is 6.47. The Labute approximate surface area is 121 Å². The van der Waals surface area contributed by atoms with E-state index in [1.54, 1.807) is 12.1 Å². The van der Waals surface area contributed by atoms with Gasteiger partial charge in [-0.05, 0) is 55.4 Å². The van der Waals surface area contributed by atoms with Crippen LogP contribution in [0.4, 0.5) is 10.1 Å². The molecule has 0 aromatic heterocycles. The summed E-state index contributed by atoms with van der Waals surface area (Å²) in [5.74, 6) is 0.522. The number of nitrogens with one attached hydrogen (secondary N) is 1. The maximum absolute atomic E-state index is 13.6. The summed E-state index contributed by atoms with van der Waals surface area (Å²) >= 11 is 0. The average Bonchev–Trinajstić information content (AvgIpc) is 3.11. The van der Waals surface area contributed by atoms with E-state index in [9.17, 15) is 4.39 Å². The Morgan fingerprint density at radius 1 is 1.30 bits per heavy atom. The Balaban J connectivity index is 1.82. The Hall–Kier alpha value is -1.09. The van der Waals surface area contributed by atoms with Crippen LogP contribution in [0.1, 0.15) is 45.1 Å². The van der Waals surface area contributed by atoms with E-state index < -0.39 is 0 Å². The molecule has 0 amide bonds. The second-order valence-electron chi connectivity index (χ2n) is 6.58. The average molecular weight is 276 g/mol. The van der Waals surface area contributed by atoms with E-state index >= 15 is 0 Å². The highest BCUT2D eigenvalue weighted by Gasteiger charge is 2.29. The molecule has 3 rings (SSSR count). The molecule has 1 unspecified atom stereocenters. The van der Waals surface area contributed by atoms with Gasteiger partial charge < -0.3 is 10.2 Å². The smallest absolute Gasteiger partial charge is 0.123 e. The fourth-order valence-corrected chi connectivity index (χ4v) is 3.30. The second-order valence-corrected chi connectivity index (χ2v) is 6.58. The molecule has 20 heavy (non-hydrogen) atoms. The first-order valence-corrected chi connectivity index (χ1v) is 7.93. The number of hydrogen-bond acceptors (Lipinski definition) is 2. The van der Waals surface area contributed by atoms with E-state index in [1.807, 2.05) is 6.07 Å². The molecular formula is C17H25FN2. The summed E-state index contributed by atoms with van der Waals surface area (Å²) in [6, 6.07) is 6.54. The van der Waals surface area contributed by atoms with Crippen LogP contribution in [0.15, 0.2) is 18.2 Å². The molecule has 2 nitrogen and oxygen atoms in total. The van der Waals surface area contributed by atoms with Crippen molar-refractivity contribution >= 4 is 5.69 Å². The van der Waals surface area contributed by atoms with Crippen molar-refractivity contribution < 1.29 is 4.39 Å². The van der Waals surface area contributed by atoms with Crippen LogP contribution in [0.2, 0.25) is 0 Å². The molecule has 1 aliphatic heterocycles. The van der Waals surface area contributed by atoms with Crippen molar-refractivity contribution in [1.82, 2.24) is 5.32 Å². The van der Waals surface area contributed by atoms with Crippen molar-refractivity contribution in [2.45, 2.75) is 58.2 Å². The standard InChI is InChI=1S/C17H25FN2/c1-12(2)16-4-3-9-20(16)17-8-5-14(18)10-13(17)11-19-15-6-7-15/h5,8,10,12,15-16,19H,3-4,6-7,9,11H2,1-2H3. The molecule has 0 radical (unpaired) electrons. The first-order valence-electron chi connectivity index (χ1n) is 7.93. The van der Waals surface area contributed by atoms with Gasteiger partial charge in [0.2, 0.25) is 0 Å². The van der Waals surface area contributed by atoms with Gasteiger partial charge in [-0.15, -0.1) is 0 Å². The van der Waals surface area contributed by atoms with Crippen LogP contribution in [0.25, 0.3) is 0 Å². The molecule has 1 N–H and O–H groups in total. The first kappa shape index (κ1) is 13.9. The van der Waals surface area contributed by atoms with E-state index in [-0.39, 0.29) is 5.82 Å². The third kappa shape index (κ3) is 2.98.